The first-order valence-electron chi connectivity index (χ1n) is 5.83. The molecule has 0 atom stereocenters. The van der Waals surface area contributed by atoms with Crippen molar-refractivity contribution in [2.24, 2.45) is 0 Å². The van der Waals surface area contributed by atoms with Crippen molar-refractivity contribution in [3.8, 4) is 5.75 Å². The molecule has 0 aliphatic carbocycles. The molecule has 1 aromatic carbocycles. The molecular weight excluding hydrogens is 382 g/mol. The zero-order valence-corrected chi connectivity index (χ0v) is 14.6. The van der Waals surface area contributed by atoms with E-state index in [4.69, 9.17) is 16.3 Å². The summed E-state index contributed by atoms with van der Waals surface area (Å²) in [5, 5.41) is 6.92. The van der Waals surface area contributed by atoms with Crippen LogP contribution in [0.2, 0.25) is 5.02 Å². The highest BCUT2D eigenvalue weighted by atomic mass is 79.9. The summed E-state index contributed by atoms with van der Waals surface area (Å²) in [6, 6.07) is 2.88. The first-order valence-corrected chi connectivity index (χ1v) is 8.49. The van der Waals surface area contributed by atoms with E-state index in [1.807, 2.05) is 0 Å². The number of ether oxygens (including phenoxy) is 1. The zero-order chi connectivity index (χ0) is 15.8. The van der Waals surface area contributed by atoms with Gasteiger partial charge >= 0.3 is 0 Å². The maximum atomic E-state index is 12.5. The second-order valence-electron chi connectivity index (χ2n) is 4.35. The van der Waals surface area contributed by atoms with Gasteiger partial charge < -0.3 is 4.74 Å². The second-order valence-corrected chi connectivity index (χ2v) is 7.29. The predicted octanol–water partition coefficient (Wildman–Crippen LogP) is 3.25. The minimum absolute atomic E-state index is 0.0653. The Labute approximate surface area is 136 Å². The molecule has 0 unspecified atom stereocenters. The topological polar surface area (TPSA) is 84.1 Å². The number of nitrogens with zero attached hydrogens (tertiary/aromatic N) is 1. The highest BCUT2D eigenvalue weighted by Gasteiger charge is 2.24. The van der Waals surface area contributed by atoms with Crippen molar-refractivity contribution in [2.75, 3.05) is 11.8 Å². The zero-order valence-electron chi connectivity index (χ0n) is 11.5. The third kappa shape index (κ3) is 3.17. The number of aromatic amines is 1. The van der Waals surface area contributed by atoms with Crippen LogP contribution in [0.3, 0.4) is 0 Å². The number of benzene rings is 1. The fourth-order valence-electron chi connectivity index (χ4n) is 1.70. The molecule has 0 saturated carbocycles. The van der Waals surface area contributed by atoms with Crippen LogP contribution in [0.4, 0.5) is 5.82 Å². The van der Waals surface area contributed by atoms with E-state index in [1.165, 1.54) is 13.2 Å². The molecule has 21 heavy (non-hydrogen) atoms. The van der Waals surface area contributed by atoms with Crippen molar-refractivity contribution in [3.05, 3.63) is 32.9 Å². The molecule has 0 bridgehead atoms. The molecule has 0 amide bonds. The Hall–Kier alpha value is -1.25. The fourth-order valence-corrected chi connectivity index (χ4v) is 4.15. The van der Waals surface area contributed by atoms with Crippen molar-refractivity contribution < 1.29 is 13.2 Å². The van der Waals surface area contributed by atoms with Crippen molar-refractivity contribution in [3.63, 3.8) is 0 Å². The van der Waals surface area contributed by atoms with Gasteiger partial charge in [0.25, 0.3) is 10.0 Å². The van der Waals surface area contributed by atoms with Crippen LogP contribution in [0.25, 0.3) is 0 Å². The Kier molecular flexibility index (Phi) is 4.50. The van der Waals surface area contributed by atoms with Crippen LogP contribution in [0.5, 0.6) is 5.75 Å². The molecule has 0 aliphatic rings. The van der Waals surface area contributed by atoms with Gasteiger partial charge in [0.1, 0.15) is 4.90 Å². The summed E-state index contributed by atoms with van der Waals surface area (Å²) in [6.07, 6.45) is 0. The molecule has 0 saturated heterocycles. The van der Waals surface area contributed by atoms with Crippen LogP contribution in [0.1, 0.15) is 11.3 Å². The number of nitrogens with one attached hydrogen (secondary N) is 2. The number of anilines is 1. The quantitative estimate of drug-likeness (QED) is 0.833. The van der Waals surface area contributed by atoms with Gasteiger partial charge in [-0.05, 0) is 41.9 Å². The first-order chi connectivity index (χ1) is 9.76. The van der Waals surface area contributed by atoms with Crippen LogP contribution in [0.15, 0.2) is 21.5 Å². The lowest BCUT2D eigenvalue weighted by molar-refractivity contribution is 0.400. The van der Waals surface area contributed by atoms with Gasteiger partial charge in [-0.2, -0.15) is 5.10 Å². The molecule has 0 radical (unpaired) electrons. The smallest absolute Gasteiger partial charge is 0.266 e. The fraction of sp³-hybridized carbons (Fsp3) is 0.250. The Balaban J connectivity index is 2.52. The number of aromatic nitrogens is 2. The van der Waals surface area contributed by atoms with E-state index in [9.17, 15) is 8.42 Å². The Morgan fingerprint density at radius 3 is 2.57 bits per heavy atom. The number of aryl methyl sites for hydroxylation is 1. The SMILES string of the molecule is COc1c(Br)cc(Cl)cc1S(=O)(=O)Nc1n[nH]c(C)c1C. The maximum Gasteiger partial charge on any atom is 0.266 e. The summed E-state index contributed by atoms with van der Waals surface area (Å²) in [5.41, 5.74) is 1.51. The summed E-state index contributed by atoms with van der Waals surface area (Å²) in [7, 11) is -2.50. The number of rotatable bonds is 4. The van der Waals surface area contributed by atoms with E-state index in [0.717, 1.165) is 11.3 Å². The Morgan fingerprint density at radius 2 is 2.05 bits per heavy atom. The van der Waals surface area contributed by atoms with Crippen molar-refractivity contribution >= 4 is 43.4 Å². The van der Waals surface area contributed by atoms with Crippen LogP contribution in [-0.4, -0.2) is 25.7 Å². The lowest BCUT2D eigenvalue weighted by atomic mass is 10.3. The van der Waals surface area contributed by atoms with Gasteiger partial charge in [0.2, 0.25) is 0 Å². The number of methoxy groups -OCH3 is 1. The van der Waals surface area contributed by atoms with E-state index in [0.29, 0.717) is 4.47 Å². The highest BCUT2D eigenvalue weighted by molar-refractivity contribution is 9.10. The maximum absolute atomic E-state index is 12.5. The standard InChI is InChI=1S/C12H13BrClN3O3S/c1-6-7(2)15-16-12(6)17-21(18,19)10-5-8(14)4-9(13)11(10)20-3/h4-5H,1-3H3,(H2,15,16,17). The third-order valence-corrected chi connectivity index (χ3v) is 5.10. The molecule has 2 rings (SSSR count). The van der Waals surface area contributed by atoms with Crippen LogP contribution >= 0.6 is 27.5 Å². The van der Waals surface area contributed by atoms with Crippen molar-refractivity contribution in [1.29, 1.82) is 0 Å². The number of hydrogen-bond acceptors (Lipinski definition) is 4. The highest BCUT2D eigenvalue weighted by Crippen LogP contribution is 2.36. The predicted molar refractivity (Wildman–Crippen MR) is 84.6 cm³/mol. The van der Waals surface area contributed by atoms with Crippen molar-refractivity contribution in [1.82, 2.24) is 10.2 Å². The summed E-state index contributed by atoms with van der Waals surface area (Å²) in [5.74, 6) is 0.419. The summed E-state index contributed by atoms with van der Waals surface area (Å²) < 4.78 is 33.1. The van der Waals surface area contributed by atoms with Gasteiger partial charge in [-0.25, -0.2) is 8.42 Å². The lowest BCUT2D eigenvalue weighted by Crippen LogP contribution is -2.15. The molecular formula is C12H13BrClN3O3S. The minimum Gasteiger partial charge on any atom is -0.494 e. The Bertz CT molecular complexity index is 789. The number of sulfonamides is 1. The van der Waals surface area contributed by atoms with E-state index < -0.39 is 10.0 Å². The monoisotopic (exact) mass is 393 g/mol. The molecule has 0 spiro atoms. The number of H-pyrrole nitrogens is 1. The first kappa shape index (κ1) is 16.1. The van der Waals surface area contributed by atoms with Gasteiger partial charge in [-0.15, -0.1) is 0 Å². The van der Waals surface area contributed by atoms with Gasteiger partial charge in [-0.1, -0.05) is 11.6 Å². The van der Waals surface area contributed by atoms with Crippen LogP contribution < -0.4 is 9.46 Å². The summed E-state index contributed by atoms with van der Waals surface area (Å²) in [4.78, 5) is -0.0653. The van der Waals surface area contributed by atoms with Gasteiger partial charge in [0.05, 0.1) is 11.6 Å². The minimum atomic E-state index is -3.88. The summed E-state index contributed by atoms with van der Waals surface area (Å²) >= 11 is 9.16. The van der Waals surface area contributed by atoms with E-state index in [1.54, 1.807) is 19.9 Å². The molecule has 2 aromatic rings. The molecule has 0 aliphatic heterocycles. The average molecular weight is 395 g/mol. The van der Waals surface area contributed by atoms with Crippen LogP contribution in [-0.2, 0) is 10.0 Å². The molecule has 2 N–H and O–H groups in total. The van der Waals surface area contributed by atoms with Gasteiger partial charge in [0, 0.05) is 16.3 Å². The molecule has 9 heteroatoms. The third-order valence-electron chi connectivity index (χ3n) is 2.95. The largest absolute Gasteiger partial charge is 0.494 e. The number of halogens is 2. The van der Waals surface area contributed by atoms with E-state index >= 15 is 0 Å². The van der Waals surface area contributed by atoms with Crippen LogP contribution in [0, 0.1) is 13.8 Å². The molecule has 1 heterocycles. The van der Waals surface area contributed by atoms with Crippen molar-refractivity contribution in [2.45, 2.75) is 18.7 Å². The Morgan fingerprint density at radius 1 is 1.38 bits per heavy atom. The van der Waals surface area contributed by atoms with E-state index in [-0.39, 0.29) is 21.5 Å². The van der Waals surface area contributed by atoms with Gasteiger partial charge in [-0.3, -0.25) is 9.82 Å². The summed E-state index contributed by atoms with van der Waals surface area (Å²) in [6.45, 7) is 3.57. The lowest BCUT2D eigenvalue weighted by Gasteiger charge is -2.12. The van der Waals surface area contributed by atoms with E-state index in [2.05, 4.69) is 30.8 Å². The molecule has 0 fully saturated rings. The molecule has 6 nitrogen and oxygen atoms in total. The molecule has 114 valence electrons. The molecule has 1 aromatic heterocycles. The second kappa shape index (κ2) is 5.86. The normalized spacial score (nSPS) is 11.5. The van der Waals surface area contributed by atoms with Gasteiger partial charge in [0.15, 0.2) is 11.6 Å². The number of hydrogen-bond donors (Lipinski definition) is 2. The average Bonchev–Trinajstić information content (AvgIpc) is 2.69.